The number of rotatable bonds is 6. The number of hydrogen-bond acceptors (Lipinski definition) is 5. The largest absolute Gasteiger partial charge is 0.497 e. The average Bonchev–Trinajstić information content (AvgIpc) is 3.10. The molecule has 0 radical (unpaired) electrons. The maximum absolute atomic E-state index is 12.3. The summed E-state index contributed by atoms with van der Waals surface area (Å²) in [6.07, 6.45) is 0. The van der Waals surface area contributed by atoms with E-state index in [1.54, 1.807) is 23.9 Å². The summed E-state index contributed by atoms with van der Waals surface area (Å²) in [7, 11) is 1.58. The Hall–Kier alpha value is -3.87. The highest BCUT2D eigenvalue weighted by atomic mass is 16.5. The van der Waals surface area contributed by atoms with Crippen LogP contribution in [-0.2, 0) is 4.79 Å². The van der Waals surface area contributed by atoms with Gasteiger partial charge in [-0.3, -0.25) is 4.79 Å². The van der Waals surface area contributed by atoms with Gasteiger partial charge in [0.25, 0.3) is 5.91 Å². The zero-order chi connectivity index (χ0) is 22.0. The molecule has 0 spiro atoms. The van der Waals surface area contributed by atoms with E-state index in [0.29, 0.717) is 23.0 Å². The van der Waals surface area contributed by atoms with Crippen LogP contribution in [0.25, 0.3) is 16.7 Å². The lowest BCUT2D eigenvalue weighted by Gasteiger charge is -2.10. The van der Waals surface area contributed by atoms with Gasteiger partial charge in [0.15, 0.2) is 12.3 Å². The topological polar surface area (TPSA) is 78.3 Å². The lowest BCUT2D eigenvalue weighted by Crippen LogP contribution is -2.20. The normalized spacial score (nSPS) is 10.8. The Kier molecular flexibility index (Phi) is 5.58. The SMILES string of the molecule is COc1cccc(NC(=O)COc2cc(C)c3c(C)nn(-c4ccc(C)cc4)c3n2)c1. The maximum atomic E-state index is 12.3. The molecule has 0 unspecified atom stereocenters. The van der Waals surface area contributed by atoms with Crippen LogP contribution in [0.15, 0.2) is 54.6 Å². The van der Waals surface area contributed by atoms with Gasteiger partial charge in [-0.1, -0.05) is 23.8 Å². The molecule has 2 aromatic heterocycles. The zero-order valence-electron chi connectivity index (χ0n) is 18.0. The van der Waals surface area contributed by atoms with E-state index >= 15 is 0 Å². The van der Waals surface area contributed by atoms with Crippen molar-refractivity contribution >= 4 is 22.6 Å². The average molecular weight is 416 g/mol. The Bertz CT molecular complexity index is 1250. The van der Waals surface area contributed by atoms with Crippen molar-refractivity contribution in [3.63, 3.8) is 0 Å². The number of nitrogens with zero attached hydrogens (tertiary/aromatic N) is 3. The molecule has 1 amide bonds. The van der Waals surface area contributed by atoms with Crippen LogP contribution < -0.4 is 14.8 Å². The molecule has 31 heavy (non-hydrogen) atoms. The van der Waals surface area contributed by atoms with Crippen molar-refractivity contribution in [2.24, 2.45) is 0 Å². The number of anilines is 1. The second-order valence-electron chi connectivity index (χ2n) is 7.38. The van der Waals surface area contributed by atoms with Gasteiger partial charge < -0.3 is 14.8 Å². The van der Waals surface area contributed by atoms with Crippen LogP contribution in [0.2, 0.25) is 0 Å². The van der Waals surface area contributed by atoms with E-state index in [-0.39, 0.29) is 12.5 Å². The third-order valence-corrected chi connectivity index (χ3v) is 4.97. The molecular weight excluding hydrogens is 392 g/mol. The fourth-order valence-electron chi connectivity index (χ4n) is 3.45. The molecule has 0 saturated heterocycles. The summed E-state index contributed by atoms with van der Waals surface area (Å²) in [6, 6.07) is 17.1. The van der Waals surface area contributed by atoms with E-state index in [0.717, 1.165) is 22.3 Å². The molecule has 0 saturated carbocycles. The van der Waals surface area contributed by atoms with Crippen molar-refractivity contribution in [1.82, 2.24) is 14.8 Å². The number of pyridine rings is 1. The number of methoxy groups -OCH3 is 1. The smallest absolute Gasteiger partial charge is 0.262 e. The Balaban J connectivity index is 1.56. The van der Waals surface area contributed by atoms with Gasteiger partial charge in [-0.05, 0) is 50.6 Å². The first-order valence-corrected chi connectivity index (χ1v) is 9.95. The summed E-state index contributed by atoms with van der Waals surface area (Å²) in [5, 5.41) is 8.44. The van der Waals surface area contributed by atoms with Gasteiger partial charge in [-0.2, -0.15) is 10.1 Å². The summed E-state index contributed by atoms with van der Waals surface area (Å²) in [5.41, 5.74) is 5.31. The number of amides is 1. The van der Waals surface area contributed by atoms with Crippen LogP contribution in [0, 0.1) is 20.8 Å². The number of carbonyl (C=O) groups is 1. The highest BCUT2D eigenvalue weighted by Gasteiger charge is 2.15. The summed E-state index contributed by atoms with van der Waals surface area (Å²) in [4.78, 5) is 17.0. The summed E-state index contributed by atoms with van der Waals surface area (Å²) >= 11 is 0. The van der Waals surface area contributed by atoms with Gasteiger partial charge in [0.1, 0.15) is 5.75 Å². The number of ether oxygens (including phenoxy) is 2. The molecule has 2 aromatic carbocycles. The molecule has 0 aliphatic carbocycles. The van der Waals surface area contributed by atoms with E-state index in [2.05, 4.69) is 15.4 Å². The molecule has 0 atom stereocenters. The number of carbonyl (C=O) groups excluding carboxylic acids is 1. The lowest BCUT2D eigenvalue weighted by molar-refractivity contribution is -0.118. The second-order valence-corrected chi connectivity index (χ2v) is 7.38. The van der Waals surface area contributed by atoms with Crippen molar-refractivity contribution in [3.8, 4) is 17.3 Å². The minimum atomic E-state index is -0.281. The van der Waals surface area contributed by atoms with Crippen LogP contribution in [0.5, 0.6) is 11.6 Å². The predicted octanol–water partition coefficient (Wildman–Crippen LogP) is 4.37. The summed E-state index contributed by atoms with van der Waals surface area (Å²) in [5.74, 6) is 0.760. The molecule has 0 bridgehead atoms. The molecule has 2 heterocycles. The summed E-state index contributed by atoms with van der Waals surface area (Å²) < 4.78 is 12.7. The van der Waals surface area contributed by atoms with Gasteiger partial charge in [0.05, 0.1) is 18.5 Å². The molecular formula is C24H24N4O3. The molecule has 7 nitrogen and oxygen atoms in total. The first kappa shape index (κ1) is 20.4. The van der Waals surface area contributed by atoms with E-state index in [4.69, 9.17) is 9.47 Å². The Morgan fingerprint density at radius 1 is 1.06 bits per heavy atom. The molecule has 0 aliphatic heterocycles. The van der Waals surface area contributed by atoms with Gasteiger partial charge >= 0.3 is 0 Å². The van der Waals surface area contributed by atoms with Gasteiger partial charge in [0, 0.05) is 23.2 Å². The highest BCUT2D eigenvalue weighted by Crippen LogP contribution is 2.27. The minimum absolute atomic E-state index is 0.160. The number of nitrogens with one attached hydrogen (secondary N) is 1. The third-order valence-electron chi connectivity index (χ3n) is 4.97. The van der Waals surface area contributed by atoms with Crippen molar-refractivity contribution in [1.29, 1.82) is 0 Å². The zero-order valence-corrected chi connectivity index (χ0v) is 18.0. The molecule has 158 valence electrons. The number of benzene rings is 2. The number of hydrogen-bond donors (Lipinski definition) is 1. The van der Waals surface area contributed by atoms with Crippen LogP contribution >= 0.6 is 0 Å². The summed E-state index contributed by atoms with van der Waals surface area (Å²) in [6.45, 7) is 5.83. The minimum Gasteiger partial charge on any atom is -0.497 e. The molecule has 7 heteroatoms. The van der Waals surface area contributed by atoms with E-state index in [1.807, 2.05) is 63.2 Å². The predicted molar refractivity (Wildman–Crippen MR) is 120 cm³/mol. The van der Waals surface area contributed by atoms with Crippen LogP contribution in [0.3, 0.4) is 0 Å². The van der Waals surface area contributed by atoms with E-state index in [1.165, 1.54) is 5.56 Å². The number of aromatic nitrogens is 3. The van der Waals surface area contributed by atoms with Crippen molar-refractivity contribution in [2.45, 2.75) is 20.8 Å². The Morgan fingerprint density at radius 3 is 2.58 bits per heavy atom. The highest BCUT2D eigenvalue weighted by molar-refractivity contribution is 5.92. The number of fused-ring (bicyclic) bond motifs is 1. The first-order chi connectivity index (χ1) is 14.9. The van der Waals surface area contributed by atoms with Crippen LogP contribution in [-0.4, -0.2) is 34.4 Å². The third kappa shape index (κ3) is 4.35. The number of aryl methyl sites for hydroxylation is 3. The van der Waals surface area contributed by atoms with Gasteiger partial charge in [-0.15, -0.1) is 0 Å². The van der Waals surface area contributed by atoms with Gasteiger partial charge in [-0.25, -0.2) is 4.68 Å². The van der Waals surface area contributed by atoms with E-state index < -0.39 is 0 Å². The second kappa shape index (κ2) is 8.47. The van der Waals surface area contributed by atoms with Gasteiger partial charge in [0.2, 0.25) is 5.88 Å². The van der Waals surface area contributed by atoms with E-state index in [9.17, 15) is 4.79 Å². The molecule has 4 rings (SSSR count). The van der Waals surface area contributed by atoms with Crippen molar-refractivity contribution < 1.29 is 14.3 Å². The molecule has 1 N–H and O–H groups in total. The quantitative estimate of drug-likeness (QED) is 0.505. The lowest BCUT2D eigenvalue weighted by atomic mass is 10.1. The molecule has 0 fully saturated rings. The fourth-order valence-corrected chi connectivity index (χ4v) is 3.45. The van der Waals surface area contributed by atoms with Crippen LogP contribution in [0.4, 0.5) is 5.69 Å². The molecule has 4 aromatic rings. The standard InChI is InChI=1S/C24H24N4O3/c1-15-8-10-19(11-9-15)28-24-23(17(3)27-28)16(2)12-22(26-24)31-14-21(29)25-18-6-5-7-20(13-18)30-4/h5-13H,14H2,1-4H3,(H,25,29). The van der Waals surface area contributed by atoms with Crippen molar-refractivity contribution in [2.75, 3.05) is 19.0 Å². The molecule has 0 aliphatic rings. The fraction of sp³-hybridized carbons (Fsp3) is 0.208. The van der Waals surface area contributed by atoms with Crippen LogP contribution in [0.1, 0.15) is 16.8 Å². The first-order valence-electron chi connectivity index (χ1n) is 9.95. The Morgan fingerprint density at radius 2 is 1.84 bits per heavy atom. The Labute approximate surface area is 180 Å². The van der Waals surface area contributed by atoms with Crippen molar-refractivity contribution in [3.05, 3.63) is 71.4 Å². The monoisotopic (exact) mass is 416 g/mol. The maximum Gasteiger partial charge on any atom is 0.262 e.